The van der Waals surface area contributed by atoms with Gasteiger partial charge in [0.05, 0.1) is 0 Å². The van der Waals surface area contributed by atoms with Gasteiger partial charge >= 0.3 is 37.7 Å². The van der Waals surface area contributed by atoms with E-state index in [1.165, 1.54) is 0 Å². The van der Waals surface area contributed by atoms with Gasteiger partial charge in [-0.15, -0.1) is 11.4 Å². The third-order valence-corrected chi connectivity index (χ3v) is 0. The maximum absolute atomic E-state index is 8.52. The smallest absolute Gasteiger partial charge is 0.784 e. The van der Waals surface area contributed by atoms with Crippen molar-refractivity contribution in [2.75, 3.05) is 0 Å². The van der Waals surface area contributed by atoms with Crippen molar-refractivity contribution in [3.05, 3.63) is 0 Å². The Morgan fingerprint density at radius 3 is 1.22 bits per heavy atom. The molecule has 0 bridgehead atoms. The van der Waals surface area contributed by atoms with Crippen LogP contribution in [-0.2, 0) is 15.8 Å². The summed E-state index contributed by atoms with van der Waals surface area (Å²) in [7, 11) is -3.63. The van der Waals surface area contributed by atoms with Gasteiger partial charge < -0.3 is 23.2 Å². The van der Waals surface area contributed by atoms with Gasteiger partial charge in [-0.2, -0.15) is 0 Å². The van der Waals surface area contributed by atoms with E-state index in [0.717, 1.165) is 0 Å². The largest absolute Gasteiger partial charge is 2.00 e. The Morgan fingerprint density at radius 2 is 1.22 bits per heavy atom. The molecule has 0 heterocycles. The molecule has 0 saturated carbocycles. The third-order valence-electron chi connectivity index (χ3n) is 0. The van der Waals surface area contributed by atoms with Crippen molar-refractivity contribution in [1.82, 2.24) is 0 Å². The average molecular weight is 196 g/mol. The summed E-state index contributed by atoms with van der Waals surface area (Å²) in [6.07, 6.45) is 0. The standard InChI is InChI=1S/Ca.H2O3S.O3Si/c;2*1-4(2)3/h;(H2,1,2,3);/q+2;;-2/p-2. The maximum atomic E-state index is 8.52. The molecule has 0 aliphatic heterocycles. The zero-order valence-corrected chi connectivity index (χ0v) is 8.09. The molecule has 0 atom stereocenters. The van der Waals surface area contributed by atoms with Gasteiger partial charge in [0.1, 0.15) is 0 Å². The summed E-state index contributed by atoms with van der Waals surface area (Å²) in [6.45, 7) is 0. The first-order chi connectivity index (χ1) is 3.46. The minimum atomic E-state index is -3.63. The van der Waals surface area contributed by atoms with E-state index in [0.29, 0.717) is 0 Å². The molecule has 0 radical (unpaired) electrons. The Labute approximate surface area is 84.9 Å². The third kappa shape index (κ3) is 482. The van der Waals surface area contributed by atoms with Crippen LogP contribution in [0.15, 0.2) is 0 Å². The average Bonchev–Trinajstić information content (AvgIpc) is 1.25. The molecule has 6 nitrogen and oxygen atoms in total. The molecule has 9 heavy (non-hydrogen) atoms. The van der Waals surface area contributed by atoms with Gasteiger partial charge in [0, 0.05) is 9.17 Å². The fourth-order valence-electron chi connectivity index (χ4n) is 0. The normalized spacial score (nSPS) is 6.56. The summed E-state index contributed by atoms with van der Waals surface area (Å²) in [5.41, 5.74) is 0. The Balaban J connectivity index is -0.0000000720. The first-order valence-electron chi connectivity index (χ1n) is 1.11. The Morgan fingerprint density at radius 1 is 1.22 bits per heavy atom. The van der Waals surface area contributed by atoms with E-state index in [1.54, 1.807) is 0 Å². The molecule has 0 amide bonds. The molecule has 0 aromatic rings. The van der Waals surface area contributed by atoms with E-state index in [4.69, 9.17) is 27.4 Å². The summed E-state index contributed by atoms with van der Waals surface area (Å²) in [5, 5.41) is 0. The Hall–Kier alpha value is 0.947. The fraction of sp³-hybridized carbons (Fsp3) is 0. The van der Waals surface area contributed by atoms with Gasteiger partial charge in [0.2, 0.25) is 0 Å². The van der Waals surface area contributed by atoms with Crippen molar-refractivity contribution in [2.45, 2.75) is 0 Å². The quantitative estimate of drug-likeness (QED) is 0.285. The van der Waals surface area contributed by atoms with E-state index < -0.39 is 20.5 Å². The Kier molecular flexibility index (Phi) is 21.5. The van der Waals surface area contributed by atoms with Gasteiger partial charge in [0.15, 0.2) is 0 Å². The molecule has 0 fully saturated rings. The zero-order valence-electron chi connectivity index (χ0n) is 4.06. The molecule has 50 valence electrons. The topological polar surface area (TPSA) is 126 Å². The van der Waals surface area contributed by atoms with Crippen molar-refractivity contribution in [2.24, 2.45) is 0 Å². The van der Waals surface area contributed by atoms with Crippen LogP contribution < -0.4 is 9.59 Å². The number of hydrogen-bond acceptors (Lipinski definition) is 6. The van der Waals surface area contributed by atoms with Gasteiger partial charge in [-0.05, 0) is 0 Å². The van der Waals surface area contributed by atoms with Crippen LogP contribution in [0.3, 0.4) is 0 Å². The summed E-state index contributed by atoms with van der Waals surface area (Å²) >= 11 is -3.11. The van der Waals surface area contributed by atoms with Crippen LogP contribution >= 0.6 is 0 Å². The molecule has 9 heteroatoms. The first kappa shape index (κ1) is 16.5. The molecule has 0 aromatic carbocycles. The molecule has 0 unspecified atom stereocenters. The van der Waals surface area contributed by atoms with Crippen molar-refractivity contribution in [3.63, 3.8) is 0 Å². The minimum absolute atomic E-state index is 0. The van der Waals surface area contributed by atoms with Crippen molar-refractivity contribution in [3.8, 4) is 0 Å². The van der Waals surface area contributed by atoms with Gasteiger partial charge in [-0.25, -0.2) is 0 Å². The summed E-state index contributed by atoms with van der Waals surface area (Å²) in [5.74, 6) is 0. The van der Waals surface area contributed by atoms with Crippen LogP contribution in [0, 0.1) is 0 Å². The predicted octanol–water partition coefficient (Wildman–Crippen LogP) is -4.26. The summed E-state index contributed by atoms with van der Waals surface area (Å²) in [6, 6.07) is 0. The Bertz CT molecular complexity index is 71.1. The van der Waals surface area contributed by atoms with Crippen LogP contribution in [-0.4, -0.2) is 60.2 Å². The molecule has 0 aliphatic rings. The minimum Gasteiger partial charge on any atom is -0.784 e. The second-order valence-corrected chi connectivity index (χ2v) is 1.36. The van der Waals surface area contributed by atoms with Crippen LogP contribution in [0.4, 0.5) is 0 Å². The maximum Gasteiger partial charge on any atom is 2.00 e. The predicted molar refractivity (Wildman–Crippen MR) is 21.9 cm³/mol. The van der Waals surface area contributed by atoms with E-state index in [2.05, 4.69) is 0 Å². The molecular weight excluding hydrogens is 196 g/mol. The second kappa shape index (κ2) is 11.7. The molecular formula is CaO6SSi-2. The molecule has 0 saturated heterocycles. The van der Waals surface area contributed by atoms with Gasteiger partial charge in [-0.3, -0.25) is 4.21 Å². The molecule has 0 spiro atoms. The number of hydrogen-bond donors (Lipinski definition) is 0. The molecule has 0 aliphatic carbocycles. The molecule has 0 N–H and O–H groups in total. The van der Waals surface area contributed by atoms with E-state index in [1.807, 2.05) is 0 Å². The van der Waals surface area contributed by atoms with Crippen LogP contribution in [0.2, 0.25) is 0 Å². The van der Waals surface area contributed by atoms with E-state index in [9.17, 15) is 0 Å². The monoisotopic (exact) mass is 196 g/mol. The fourth-order valence-corrected chi connectivity index (χ4v) is 0. The second-order valence-electron chi connectivity index (χ2n) is 0.454. The van der Waals surface area contributed by atoms with E-state index in [-0.39, 0.29) is 37.7 Å². The van der Waals surface area contributed by atoms with Gasteiger partial charge in [0.25, 0.3) is 0 Å². The van der Waals surface area contributed by atoms with Crippen LogP contribution in [0.1, 0.15) is 0 Å². The summed E-state index contributed by atoms with van der Waals surface area (Å²) < 4.78 is 33.9. The molecule has 0 aromatic heterocycles. The zero-order chi connectivity index (χ0) is 7.15. The van der Waals surface area contributed by atoms with Crippen LogP contribution in [0.25, 0.3) is 0 Å². The first-order valence-corrected chi connectivity index (χ1v) is 3.34. The van der Waals surface area contributed by atoms with Crippen molar-refractivity contribution in [1.29, 1.82) is 0 Å². The number of rotatable bonds is 0. The van der Waals surface area contributed by atoms with Crippen molar-refractivity contribution < 1.29 is 27.4 Å². The SMILES string of the molecule is O=S([O-])[O-].O=[Si]([O-])[O-].[Ca+2]. The van der Waals surface area contributed by atoms with Crippen molar-refractivity contribution >= 4 is 58.3 Å². The van der Waals surface area contributed by atoms with Crippen LogP contribution in [0.5, 0.6) is 0 Å². The van der Waals surface area contributed by atoms with E-state index >= 15 is 0 Å². The summed E-state index contributed by atoms with van der Waals surface area (Å²) in [4.78, 5) is 17.0. The van der Waals surface area contributed by atoms with Gasteiger partial charge in [-0.1, -0.05) is 0 Å². The molecule has 0 rings (SSSR count).